The Hall–Kier alpha value is -3.15. The van der Waals surface area contributed by atoms with Crippen molar-refractivity contribution in [3.63, 3.8) is 0 Å². The van der Waals surface area contributed by atoms with Crippen molar-refractivity contribution in [2.45, 2.75) is 0 Å². The van der Waals surface area contributed by atoms with Gasteiger partial charge in [0.2, 0.25) is 0 Å². The lowest BCUT2D eigenvalue weighted by atomic mass is 10.2. The Labute approximate surface area is 120 Å². The molecule has 0 radical (unpaired) electrons. The van der Waals surface area contributed by atoms with Gasteiger partial charge in [0.1, 0.15) is 0 Å². The van der Waals surface area contributed by atoms with Crippen LogP contribution < -0.4 is 16.0 Å². The van der Waals surface area contributed by atoms with Crippen molar-refractivity contribution in [2.75, 3.05) is 5.48 Å². The first kappa shape index (κ1) is 12.9. The molecule has 21 heavy (non-hydrogen) atoms. The van der Waals surface area contributed by atoms with Crippen LogP contribution in [0, 0.1) is 0 Å². The molecule has 6 nitrogen and oxygen atoms in total. The second-order valence-corrected chi connectivity index (χ2v) is 4.36. The van der Waals surface area contributed by atoms with Crippen molar-refractivity contribution in [2.24, 2.45) is 0 Å². The fourth-order valence-electron chi connectivity index (χ4n) is 1.95. The normalized spacial score (nSPS) is 10.3. The maximum absolute atomic E-state index is 11.6. The standard InChI is InChI=1S/C15H13N3O3/c19-15-16-14(21-17-12-9-5-2-6-10-12)13(18(15)20)11-7-3-1-4-8-11/h1-10,17,20H,(H,16,19). The van der Waals surface area contributed by atoms with E-state index in [1.807, 2.05) is 36.4 Å². The van der Waals surface area contributed by atoms with Gasteiger partial charge in [0.05, 0.1) is 5.69 Å². The van der Waals surface area contributed by atoms with Gasteiger partial charge in [-0.3, -0.25) is 4.98 Å². The Morgan fingerprint density at radius 3 is 2.29 bits per heavy atom. The highest BCUT2D eigenvalue weighted by Gasteiger charge is 2.17. The lowest BCUT2D eigenvalue weighted by Crippen LogP contribution is -2.14. The van der Waals surface area contributed by atoms with Crippen LogP contribution in [0.3, 0.4) is 0 Å². The highest BCUT2D eigenvalue weighted by Crippen LogP contribution is 2.26. The monoisotopic (exact) mass is 283 g/mol. The Balaban J connectivity index is 1.93. The van der Waals surface area contributed by atoms with Crippen molar-refractivity contribution in [1.82, 2.24) is 9.71 Å². The van der Waals surface area contributed by atoms with Gasteiger partial charge in [0, 0.05) is 5.56 Å². The maximum atomic E-state index is 11.6. The molecule has 0 saturated carbocycles. The van der Waals surface area contributed by atoms with Crippen LogP contribution in [0.15, 0.2) is 65.5 Å². The first-order chi connectivity index (χ1) is 10.3. The van der Waals surface area contributed by atoms with E-state index in [-0.39, 0.29) is 11.6 Å². The number of para-hydroxylation sites is 1. The number of hydrogen-bond acceptors (Lipinski definition) is 4. The summed E-state index contributed by atoms with van der Waals surface area (Å²) >= 11 is 0. The van der Waals surface area contributed by atoms with Gasteiger partial charge in [0.15, 0.2) is 5.69 Å². The van der Waals surface area contributed by atoms with E-state index in [1.165, 1.54) is 0 Å². The molecule has 0 unspecified atom stereocenters. The lowest BCUT2D eigenvalue weighted by molar-refractivity contribution is 0.180. The van der Waals surface area contributed by atoms with E-state index in [4.69, 9.17) is 4.84 Å². The Kier molecular flexibility index (Phi) is 3.34. The molecule has 3 N–H and O–H groups in total. The molecule has 0 spiro atoms. The van der Waals surface area contributed by atoms with Crippen LogP contribution in [0.1, 0.15) is 0 Å². The van der Waals surface area contributed by atoms with E-state index in [0.717, 1.165) is 5.69 Å². The van der Waals surface area contributed by atoms with Gasteiger partial charge in [-0.15, -0.1) is 4.73 Å². The summed E-state index contributed by atoms with van der Waals surface area (Å²) in [5.74, 6) is 0.137. The molecule has 0 aliphatic rings. The first-order valence-corrected chi connectivity index (χ1v) is 6.33. The van der Waals surface area contributed by atoms with Gasteiger partial charge in [-0.25, -0.2) is 10.3 Å². The molecular weight excluding hydrogens is 270 g/mol. The summed E-state index contributed by atoms with van der Waals surface area (Å²) in [5.41, 5.74) is 3.68. The molecule has 0 saturated heterocycles. The van der Waals surface area contributed by atoms with Crippen LogP contribution >= 0.6 is 0 Å². The Morgan fingerprint density at radius 2 is 1.62 bits per heavy atom. The van der Waals surface area contributed by atoms with Crippen LogP contribution in [0.2, 0.25) is 0 Å². The van der Waals surface area contributed by atoms with Crippen molar-refractivity contribution in [3.8, 4) is 17.1 Å². The molecule has 0 aliphatic heterocycles. The third kappa shape index (κ3) is 2.59. The average molecular weight is 283 g/mol. The molecule has 106 valence electrons. The van der Waals surface area contributed by atoms with Crippen molar-refractivity contribution >= 4 is 5.69 Å². The number of nitrogens with one attached hydrogen (secondary N) is 2. The van der Waals surface area contributed by atoms with Gasteiger partial charge in [0.25, 0.3) is 5.88 Å². The van der Waals surface area contributed by atoms with Crippen molar-refractivity contribution in [1.29, 1.82) is 0 Å². The van der Waals surface area contributed by atoms with E-state index < -0.39 is 5.69 Å². The Morgan fingerprint density at radius 1 is 1.00 bits per heavy atom. The van der Waals surface area contributed by atoms with E-state index in [9.17, 15) is 10.0 Å². The summed E-state index contributed by atoms with van der Waals surface area (Å²) in [4.78, 5) is 19.4. The van der Waals surface area contributed by atoms with Crippen LogP contribution in [0.5, 0.6) is 5.88 Å². The second-order valence-electron chi connectivity index (χ2n) is 4.36. The molecule has 3 aromatic rings. The molecule has 0 aliphatic carbocycles. The largest absolute Gasteiger partial charge is 0.423 e. The quantitative estimate of drug-likeness (QED) is 0.507. The summed E-state index contributed by atoms with van der Waals surface area (Å²) in [5, 5.41) is 9.83. The van der Waals surface area contributed by atoms with Crippen LogP contribution in [0.25, 0.3) is 11.3 Å². The zero-order valence-electron chi connectivity index (χ0n) is 11.0. The van der Waals surface area contributed by atoms with Crippen LogP contribution in [0.4, 0.5) is 5.69 Å². The Bertz CT molecular complexity index is 779. The minimum absolute atomic E-state index is 0.137. The summed E-state index contributed by atoms with van der Waals surface area (Å²) in [6.45, 7) is 0. The number of benzene rings is 2. The lowest BCUT2D eigenvalue weighted by Gasteiger charge is -2.08. The van der Waals surface area contributed by atoms with Gasteiger partial charge < -0.3 is 10.0 Å². The highest BCUT2D eigenvalue weighted by molar-refractivity contribution is 5.64. The smallest absolute Gasteiger partial charge is 0.361 e. The number of hydrogen-bond donors (Lipinski definition) is 3. The van der Waals surface area contributed by atoms with Crippen LogP contribution in [-0.4, -0.2) is 14.9 Å². The fourth-order valence-corrected chi connectivity index (χ4v) is 1.95. The summed E-state index contributed by atoms with van der Waals surface area (Å²) in [6.07, 6.45) is 0. The molecule has 2 aromatic carbocycles. The average Bonchev–Trinajstić information content (AvgIpc) is 2.82. The van der Waals surface area contributed by atoms with Gasteiger partial charge in [-0.1, -0.05) is 48.5 Å². The number of aromatic amines is 1. The minimum Gasteiger partial charge on any atom is -0.423 e. The summed E-state index contributed by atoms with van der Waals surface area (Å²) < 4.78 is 0.525. The molecule has 6 heteroatoms. The predicted octanol–water partition coefficient (Wildman–Crippen LogP) is 2.49. The van der Waals surface area contributed by atoms with Gasteiger partial charge in [-0.05, 0) is 12.1 Å². The number of rotatable bonds is 4. The van der Waals surface area contributed by atoms with Crippen molar-refractivity contribution in [3.05, 3.63) is 71.1 Å². The van der Waals surface area contributed by atoms with E-state index >= 15 is 0 Å². The van der Waals surface area contributed by atoms with Gasteiger partial charge >= 0.3 is 5.69 Å². The molecule has 0 amide bonds. The molecule has 3 rings (SSSR count). The molecule has 0 bridgehead atoms. The van der Waals surface area contributed by atoms with Crippen molar-refractivity contribution < 1.29 is 10.0 Å². The van der Waals surface area contributed by atoms with E-state index in [1.54, 1.807) is 24.3 Å². The number of anilines is 1. The first-order valence-electron chi connectivity index (χ1n) is 6.33. The minimum atomic E-state index is -0.668. The van der Waals surface area contributed by atoms with Gasteiger partial charge in [-0.2, -0.15) is 0 Å². The molecule has 0 fully saturated rings. The second kappa shape index (κ2) is 5.46. The highest BCUT2D eigenvalue weighted by atomic mass is 16.7. The van der Waals surface area contributed by atoms with E-state index in [2.05, 4.69) is 10.5 Å². The number of aromatic nitrogens is 2. The van der Waals surface area contributed by atoms with Crippen LogP contribution in [-0.2, 0) is 0 Å². The zero-order valence-corrected chi connectivity index (χ0v) is 11.0. The third-order valence-corrected chi connectivity index (χ3v) is 2.93. The third-order valence-electron chi connectivity index (χ3n) is 2.93. The fraction of sp³-hybridized carbons (Fsp3) is 0. The number of nitrogens with zero attached hydrogens (tertiary/aromatic N) is 1. The number of imidazole rings is 1. The molecule has 1 aromatic heterocycles. The summed E-state index contributed by atoms with van der Waals surface area (Å²) in [7, 11) is 0. The number of H-pyrrole nitrogens is 1. The summed E-state index contributed by atoms with van der Waals surface area (Å²) in [6, 6.07) is 18.2. The van der Waals surface area contributed by atoms with E-state index in [0.29, 0.717) is 10.3 Å². The molecule has 1 heterocycles. The maximum Gasteiger partial charge on any atom is 0.361 e. The SMILES string of the molecule is O=c1[nH]c(ONc2ccccc2)c(-c2ccccc2)n1O. The zero-order chi connectivity index (χ0) is 14.7. The molecular formula is C15H13N3O3. The molecule has 0 atom stereocenters. The topological polar surface area (TPSA) is 79.3 Å². The predicted molar refractivity (Wildman–Crippen MR) is 78.4 cm³/mol.